The highest BCUT2D eigenvalue weighted by molar-refractivity contribution is 5.94. The van der Waals surface area contributed by atoms with Crippen LogP contribution in [0.15, 0.2) is 29.1 Å². The van der Waals surface area contributed by atoms with Crippen LogP contribution in [0.3, 0.4) is 0 Å². The molecule has 0 aliphatic rings. The third kappa shape index (κ3) is 3.50. The van der Waals surface area contributed by atoms with Crippen molar-refractivity contribution in [2.75, 3.05) is 12.4 Å². The highest BCUT2D eigenvalue weighted by Crippen LogP contribution is 2.35. The maximum Gasteiger partial charge on any atom is 0.418 e. The number of anilines is 1. The molecule has 2 rings (SSSR count). The molecule has 0 radical (unpaired) electrons. The van der Waals surface area contributed by atoms with Gasteiger partial charge in [-0.2, -0.15) is 18.2 Å². The van der Waals surface area contributed by atoms with Crippen molar-refractivity contribution in [1.29, 1.82) is 0 Å². The number of nitrogens with one attached hydrogen (secondary N) is 2. The van der Waals surface area contributed by atoms with Crippen LogP contribution in [0.5, 0.6) is 0 Å². The minimum atomic E-state index is -4.55. The van der Waals surface area contributed by atoms with Crippen LogP contribution in [0.4, 0.5) is 18.9 Å². The molecule has 2 aromatic rings. The van der Waals surface area contributed by atoms with Crippen LogP contribution in [-0.4, -0.2) is 23.1 Å². The van der Waals surface area contributed by atoms with Crippen LogP contribution in [-0.2, 0) is 12.7 Å². The first-order chi connectivity index (χ1) is 9.91. The van der Waals surface area contributed by atoms with E-state index in [0.29, 0.717) is 0 Å². The SMILES string of the molecule is CNc1ccc(C(=O)NCc2ncon2)cc1C(F)(F)F. The molecular weight excluding hydrogens is 289 g/mol. The average molecular weight is 300 g/mol. The molecule has 21 heavy (non-hydrogen) atoms. The highest BCUT2D eigenvalue weighted by atomic mass is 19.4. The Hall–Kier alpha value is -2.58. The molecule has 6 nitrogen and oxygen atoms in total. The molecule has 2 N–H and O–H groups in total. The van der Waals surface area contributed by atoms with Crippen molar-refractivity contribution in [3.63, 3.8) is 0 Å². The predicted molar refractivity (Wildman–Crippen MR) is 66.5 cm³/mol. The zero-order valence-corrected chi connectivity index (χ0v) is 10.9. The number of rotatable bonds is 4. The molecule has 0 aliphatic heterocycles. The van der Waals surface area contributed by atoms with E-state index in [4.69, 9.17) is 0 Å². The van der Waals surface area contributed by atoms with Gasteiger partial charge in [-0.3, -0.25) is 4.79 Å². The van der Waals surface area contributed by atoms with Gasteiger partial charge in [0.2, 0.25) is 6.39 Å². The number of benzene rings is 1. The molecule has 0 unspecified atom stereocenters. The Morgan fingerprint density at radius 3 is 2.71 bits per heavy atom. The molecule has 112 valence electrons. The van der Waals surface area contributed by atoms with Gasteiger partial charge in [0, 0.05) is 18.3 Å². The van der Waals surface area contributed by atoms with E-state index < -0.39 is 17.6 Å². The van der Waals surface area contributed by atoms with Gasteiger partial charge in [0.05, 0.1) is 12.1 Å². The van der Waals surface area contributed by atoms with Crippen LogP contribution < -0.4 is 10.6 Å². The van der Waals surface area contributed by atoms with Crippen LogP contribution in [0.1, 0.15) is 21.7 Å². The average Bonchev–Trinajstić information content (AvgIpc) is 2.96. The first-order valence-corrected chi connectivity index (χ1v) is 5.84. The topological polar surface area (TPSA) is 80.0 Å². The summed E-state index contributed by atoms with van der Waals surface area (Å²) >= 11 is 0. The first kappa shape index (κ1) is 14.8. The molecular formula is C12H11F3N4O2. The van der Waals surface area contributed by atoms with Gasteiger partial charge in [0.15, 0.2) is 5.82 Å². The van der Waals surface area contributed by atoms with E-state index >= 15 is 0 Å². The number of hydrogen-bond donors (Lipinski definition) is 2. The Bertz CT molecular complexity index is 626. The minimum absolute atomic E-state index is 0.0372. The largest absolute Gasteiger partial charge is 0.418 e. The number of amides is 1. The second-order valence-corrected chi connectivity index (χ2v) is 4.04. The second-order valence-electron chi connectivity index (χ2n) is 4.04. The number of alkyl halides is 3. The lowest BCUT2D eigenvalue weighted by Crippen LogP contribution is -2.24. The highest BCUT2D eigenvalue weighted by Gasteiger charge is 2.34. The van der Waals surface area contributed by atoms with Crippen molar-refractivity contribution < 1.29 is 22.5 Å². The normalized spacial score (nSPS) is 11.2. The summed E-state index contributed by atoms with van der Waals surface area (Å²) in [6.07, 6.45) is -3.47. The summed E-state index contributed by atoms with van der Waals surface area (Å²) in [7, 11) is 1.38. The lowest BCUT2D eigenvalue weighted by molar-refractivity contribution is -0.136. The van der Waals surface area contributed by atoms with Crippen LogP contribution in [0.2, 0.25) is 0 Å². The lowest BCUT2D eigenvalue weighted by atomic mass is 10.1. The molecule has 0 atom stereocenters. The summed E-state index contributed by atoms with van der Waals surface area (Å²) in [6, 6.07) is 3.29. The summed E-state index contributed by atoms with van der Waals surface area (Å²) in [5.41, 5.74) is -1.11. The first-order valence-electron chi connectivity index (χ1n) is 5.84. The van der Waals surface area contributed by atoms with E-state index in [-0.39, 0.29) is 23.6 Å². The van der Waals surface area contributed by atoms with Gasteiger partial charge in [0.1, 0.15) is 0 Å². The summed E-state index contributed by atoms with van der Waals surface area (Å²) in [6.45, 7) is -0.0372. The van der Waals surface area contributed by atoms with Gasteiger partial charge in [-0.1, -0.05) is 5.16 Å². The molecule has 1 aromatic heterocycles. The van der Waals surface area contributed by atoms with E-state index in [1.54, 1.807) is 0 Å². The van der Waals surface area contributed by atoms with Crippen molar-refractivity contribution >= 4 is 11.6 Å². The van der Waals surface area contributed by atoms with E-state index in [2.05, 4.69) is 25.3 Å². The Kier molecular flexibility index (Phi) is 4.10. The standard InChI is InChI=1S/C12H11F3N4O2/c1-16-9-3-2-7(4-8(9)12(13,14)15)11(20)17-5-10-18-6-21-19-10/h2-4,6,16H,5H2,1H3,(H,17,20). The van der Waals surface area contributed by atoms with Gasteiger partial charge in [-0.15, -0.1) is 0 Å². The maximum absolute atomic E-state index is 12.9. The van der Waals surface area contributed by atoms with Gasteiger partial charge < -0.3 is 15.2 Å². The van der Waals surface area contributed by atoms with Gasteiger partial charge in [-0.25, -0.2) is 0 Å². The summed E-state index contributed by atoms with van der Waals surface area (Å²) < 4.78 is 43.1. The molecule has 1 amide bonds. The molecule has 0 aliphatic carbocycles. The van der Waals surface area contributed by atoms with Crippen molar-refractivity contribution in [3.05, 3.63) is 41.5 Å². The van der Waals surface area contributed by atoms with E-state index in [9.17, 15) is 18.0 Å². The van der Waals surface area contributed by atoms with E-state index in [1.807, 2.05) is 0 Å². The smallest absolute Gasteiger partial charge is 0.388 e. The van der Waals surface area contributed by atoms with Crippen LogP contribution in [0.25, 0.3) is 0 Å². The molecule has 0 fully saturated rings. The Morgan fingerprint density at radius 1 is 1.38 bits per heavy atom. The maximum atomic E-state index is 12.9. The Balaban J connectivity index is 2.17. The molecule has 1 heterocycles. The van der Waals surface area contributed by atoms with E-state index in [1.165, 1.54) is 19.2 Å². The number of aromatic nitrogens is 2. The summed E-state index contributed by atoms with van der Waals surface area (Å²) in [4.78, 5) is 15.5. The van der Waals surface area contributed by atoms with Crippen LogP contribution >= 0.6 is 0 Å². The fourth-order valence-corrected chi connectivity index (χ4v) is 1.67. The van der Waals surface area contributed by atoms with Crippen molar-refractivity contribution in [2.45, 2.75) is 12.7 Å². The Morgan fingerprint density at radius 2 is 2.14 bits per heavy atom. The number of carbonyl (C=O) groups is 1. The zero-order chi connectivity index (χ0) is 15.5. The van der Waals surface area contributed by atoms with Crippen LogP contribution in [0, 0.1) is 0 Å². The van der Waals surface area contributed by atoms with Crippen molar-refractivity contribution in [1.82, 2.24) is 15.5 Å². The fraction of sp³-hybridized carbons (Fsp3) is 0.250. The third-order valence-electron chi connectivity index (χ3n) is 2.67. The fourth-order valence-electron chi connectivity index (χ4n) is 1.67. The lowest BCUT2D eigenvalue weighted by Gasteiger charge is -2.14. The summed E-state index contributed by atoms with van der Waals surface area (Å²) in [5.74, 6) is -0.431. The van der Waals surface area contributed by atoms with Crippen molar-refractivity contribution in [3.8, 4) is 0 Å². The molecule has 0 saturated carbocycles. The third-order valence-corrected chi connectivity index (χ3v) is 2.67. The molecule has 0 bridgehead atoms. The summed E-state index contributed by atoms with van der Waals surface area (Å²) in [5, 5.41) is 8.32. The quantitative estimate of drug-likeness (QED) is 0.903. The van der Waals surface area contributed by atoms with Crippen molar-refractivity contribution in [2.24, 2.45) is 0 Å². The Labute approximate surface area is 117 Å². The monoisotopic (exact) mass is 300 g/mol. The molecule has 0 saturated heterocycles. The number of nitrogens with zero attached hydrogens (tertiary/aromatic N) is 2. The molecule has 0 spiro atoms. The second kappa shape index (κ2) is 5.81. The number of carbonyl (C=O) groups excluding carboxylic acids is 1. The van der Waals surface area contributed by atoms with Gasteiger partial charge >= 0.3 is 6.18 Å². The number of hydrogen-bond acceptors (Lipinski definition) is 5. The van der Waals surface area contributed by atoms with Gasteiger partial charge in [0.25, 0.3) is 5.91 Å². The minimum Gasteiger partial charge on any atom is -0.388 e. The number of halogens is 3. The zero-order valence-electron chi connectivity index (χ0n) is 10.9. The predicted octanol–water partition coefficient (Wildman–Crippen LogP) is 2.06. The molecule has 9 heteroatoms. The van der Waals surface area contributed by atoms with E-state index in [0.717, 1.165) is 12.5 Å². The van der Waals surface area contributed by atoms with Gasteiger partial charge in [-0.05, 0) is 18.2 Å². The molecule has 1 aromatic carbocycles.